The van der Waals surface area contributed by atoms with Gasteiger partial charge in [0.25, 0.3) is 0 Å². The molecule has 7 heteroatoms. The Morgan fingerprint density at radius 3 is 2.45 bits per heavy atom. The van der Waals surface area contributed by atoms with Crippen LogP contribution in [0.25, 0.3) is 11.6 Å². The lowest BCUT2D eigenvalue weighted by Gasteiger charge is -2.38. The van der Waals surface area contributed by atoms with Crippen LogP contribution in [-0.4, -0.2) is 45.7 Å². The Balaban J connectivity index is 1.38. The number of amides is 2. The Morgan fingerprint density at radius 1 is 1.16 bits per heavy atom. The number of halogens is 1. The van der Waals surface area contributed by atoms with Crippen LogP contribution in [0.1, 0.15) is 62.0 Å². The zero-order chi connectivity index (χ0) is 26.9. The van der Waals surface area contributed by atoms with Crippen molar-refractivity contribution in [2.45, 2.75) is 51.7 Å². The third-order valence-corrected chi connectivity index (χ3v) is 7.87. The van der Waals surface area contributed by atoms with E-state index >= 15 is 0 Å². The molecule has 2 aromatic heterocycles. The monoisotopic (exact) mass is 513 g/mol. The van der Waals surface area contributed by atoms with Gasteiger partial charge in [-0.2, -0.15) is 0 Å². The molecular weight excluding hydrogens is 477 g/mol. The summed E-state index contributed by atoms with van der Waals surface area (Å²) in [5.74, 6) is -0.239. The second kappa shape index (κ2) is 10.6. The van der Waals surface area contributed by atoms with Gasteiger partial charge in [0.15, 0.2) is 0 Å². The SMILES string of the molecule is C=Cc1c(C(=CC)c2ccc(F)cc2)c(CN2CCC3(CC2)CN(c2ccncc2)C(=O)N3)cn1C(C)C. The van der Waals surface area contributed by atoms with Crippen molar-refractivity contribution in [3.8, 4) is 0 Å². The molecule has 198 valence electrons. The van der Waals surface area contributed by atoms with Crippen molar-refractivity contribution in [2.75, 3.05) is 24.5 Å². The largest absolute Gasteiger partial charge is 0.345 e. The van der Waals surface area contributed by atoms with Crippen LogP contribution in [0.4, 0.5) is 14.9 Å². The number of piperidine rings is 1. The van der Waals surface area contributed by atoms with Gasteiger partial charge in [-0.25, -0.2) is 9.18 Å². The van der Waals surface area contributed by atoms with E-state index in [2.05, 4.69) is 52.5 Å². The molecule has 2 aliphatic heterocycles. The molecule has 2 aliphatic rings. The quantitative estimate of drug-likeness (QED) is 0.406. The summed E-state index contributed by atoms with van der Waals surface area (Å²) in [4.78, 5) is 21.2. The van der Waals surface area contributed by atoms with Crippen molar-refractivity contribution in [2.24, 2.45) is 0 Å². The third kappa shape index (κ3) is 4.90. The van der Waals surface area contributed by atoms with E-state index in [1.807, 2.05) is 42.2 Å². The second-order valence-corrected chi connectivity index (χ2v) is 10.6. The number of carbonyl (C=O) groups excluding carboxylic acids is 1. The van der Waals surface area contributed by atoms with Crippen LogP contribution < -0.4 is 10.2 Å². The number of aromatic nitrogens is 2. The first kappa shape index (κ1) is 25.9. The van der Waals surface area contributed by atoms with Gasteiger partial charge in [-0.3, -0.25) is 14.8 Å². The molecule has 0 bridgehead atoms. The maximum absolute atomic E-state index is 13.7. The number of urea groups is 1. The Kier molecular flexibility index (Phi) is 7.21. The summed E-state index contributed by atoms with van der Waals surface area (Å²) in [5.41, 5.74) is 6.21. The fraction of sp³-hybridized carbons (Fsp3) is 0.355. The van der Waals surface area contributed by atoms with E-state index in [0.29, 0.717) is 6.54 Å². The highest BCUT2D eigenvalue weighted by atomic mass is 19.1. The number of allylic oxidation sites excluding steroid dienone is 1. The molecule has 1 N–H and O–H groups in total. The van der Waals surface area contributed by atoms with Crippen LogP contribution in [0.5, 0.6) is 0 Å². The summed E-state index contributed by atoms with van der Waals surface area (Å²) in [6.45, 7) is 13.8. The summed E-state index contributed by atoms with van der Waals surface area (Å²) in [7, 11) is 0. The fourth-order valence-electron chi connectivity index (χ4n) is 5.85. The molecule has 0 atom stereocenters. The Morgan fingerprint density at radius 2 is 1.84 bits per heavy atom. The van der Waals surface area contributed by atoms with Crippen LogP contribution in [0.15, 0.2) is 67.6 Å². The van der Waals surface area contributed by atoms with Crippen molar-refractivity contribution >= 4 is 23.4 Å². The number of benzene rings is 1. The second-order valence-electron chi connectivity index (χ2n) is 10.6. The van der Waals surface area contributed by atoms with Gasteiger partial charge >= 0.3 is 6.03 Å². The zero-order valence-corrected chi connectivity index (χ0v) is 22.5. The number of pyridine rings is 1. The van der Waals surface area contributed by atoms with Gasteiger partial charge in [-0.1, -0.05) is 24.8 Å². The van der Waals surface area contributed by atoms with Gasteiger partial charge in [-0.15, -0.1) is 0 Å². The average Bonchev–Trinajstić information content (AvgIpc) is 3.45. The first-order valence-corrected chi connectivity index (χ1v) is 13.3. The van der Waals surface area contributed by atoms with E-state index in [4.69, 9.17) is 0 Å². The van der Waals surface area contributed by atoms with Gasteiger partial charge in [0.05, 0.1) is 12.1 Å². The van der Waals surface area contributed by atoms with Crippen LogP contribution in [0, 0.1) is 5.82 Å². The number of hydrogen-bond donors (Lipinski definition) is 1. The summed E-state index contributed by atoms with van der Waals surface area (Å²) in [6.07, 6.45) is 11.5. The molecule has 2 saturated heterocycles. The first-order chi connectivity index (χ1) is 18.3. The standard InChI is InChI=1S/C31H36FN5O/c1-5-27(23-7-9-25(32)10-8-23)29-24(20-36(22(3)4)28(29)6-2)19-35-17-13-31(14-18-35)21-37(30(38)34-31)26-11-15-33-16-12-26/h5-12,15-16,20,22H,2,13-14,17-19,21H2,1,3-4H3,(H,34,38). The normalized spacial score (nSPS) is 17.9. The molecule has 3 aromatic rings. The minimum absolute atomic E-state index is 0.0337. The van der Waals surface area contributed by atoms with Gasteiger partial charge in [0.1, 0.15) is 5.82 Å². The van der Waals surface area contributed by atoms with Crippen molar-refractivity contribution in [1.29, 1.82) is 0 Å². The van der Waals surface area contributed by atoms with Crippen molar-refractivity contribution in [3.63, 3.8) is 0 Å². The fourth-order valence-corrected chi connectivity index (χ4v) is 5.85. The van der Waals surface area contributed by atoms with Crippen molar-refractivity contribution in [1.82, 2.24) is 19.8 Å². The summed E-state index contributed by atoms with van der Waals surface area (Å²) >= 11 is 0. The van der Waals surface area contributed by atoms with E-state index in [1.54, 1.807) is 12.4 Å². The minimum atomic E-state index is -0.239. The maximum Gasteiger partial charge on any atom is 0.322 e. The van der Waals surface area contributed by atoms with Crippen LogP contribution in [-0.2, 0) is 6.54 Å². The lowest BCUT2D eigenvalue weighted by Crippen LogP contribution is -2.52. The number of rotatable bonds is 7. The Bertz CT molecular complexity index is 1330. The summed E-state index contributed by atoms with van der Waals surface area (Å²) < 4.78 is 16.0. The average molecular weight is 514 g/mol. The molecule has 1 aromatic carbocycles. The van der Waals surface area contributed by atoms with E-state index in [9.17, 15) is 9.18 Å². The van der Waals surface area contributed by atoms with E-state index in [0.717, 1.165) is 60.6 Å². The maximum atomic E-state index is 13.7. The first-order valence-electron chi connectivity index (χ1n) is 13.3. The highest BCUT2D eigenvalue weighted by Gasteiger charge is 2.45. The smallest absolute Gasteiger partial charge is 0.322 e. The van der Waals surface area contributed by atoms with Gasteiger partial charge in [0, 0.05) is 61.2 Å². The summed E-state index contributed by atoms with van der Waals surface area (Å²) in [5, 5.41) is 3.29. The Labute approximate surface area is 224 Å². The molecule has 6 nitrogen and oxygen atoms in total. The topological polar surface area (TPSA) is 53.4 Å². The number of hydrogen-bond acceptors (Lipinski definition) is 3. The van der Waals surface area contributed by atoms with Crippen molar-refractivity contribution in [3.05, 3.63) is 95.8 Å². The highest BCUT2D eigenvalue weighted by molar-refractivity contribution is 5.95. The lowest BCUT2D eigenvalue weighted by atomic mass is 9.87. The van der Waals surface area contributed by atoms with E-state index in [-0.39, 0.29) is 23.4 Å². The number of nitrogens with zero attached hydrogens (tertiary/aromatic N) is 4. The third-order valence-electron chi connectivity index (χ3n) is 7.87. The molecule has 4 heterocycles. The van der Waals surface area contributed by atoms with Crippen LogP contribution in [0.2, 0.25) is 0 Å². The van der Waals surface area contributed by atoms with Gasteiger partial charge in [0.2, 0.25) is 0 Å². The molecule has 2 fully saturated rings. The molecule has 1 spiro atoms. The van der Waals surface area contributed by atoms with Gasteiger partial charge in [-0.05, 0) is 80.7 Å². The van der Waals surface area contributed by atoms with E-state index < -0.39 is 0 Å². The number of nitrogens with one attached hydrogen (secondary N) is 1. The molecule has 0 saturated carbocycles. The number of likely N-dealkylation sites (tertiary alicyclic amines) is 1. The number of carbonyl (C=O) groups is 1. The van der Waals surface area contributed by atoms with E-state index in [1.165, 1.54) is 17.7 Å². The minimum Gasteiger partial charge on any atom is -0.345 e. The van der Waals surface area contributed by atoms with Crippen LogP contribution in [0.3, 0.4) is 0 Å². The summed E-state index contributed by atoms with van der Waals surface area (Å²) in [6, 6.07) is 10.7. The molecule has 0 aliphatic carbocycles. The predicted octanol–water partition coefficient (Wildman–Crippen LogP) is 6.26. The molecule has 2 amide bonds. The predicted molar refractivity (Wildman–Crippen MR) is 151 cm³/mol. The molecule has 0 unspecified atom stereocenters. The van der Waals surface area contributed by atoms with Gasteiger partial charge < -0.3 is 9.88 Å². The lowest BCUT2D eigenvalue weighted by molar-refractivity contribution is 0.151. The number of anilines is 1. The zero-order valence-electron chi connectivity index (χ0n) is 22.5. The Hall–Kier alpha value is -3.71. The molecule has 0 radical (unpaired) electrons. The molecular formula is C31H36FN5O. The van der Waals surface area contributed by atoms with Crippen LogP contribution >= 0.6 is 0 Å². The highest BCUT2D eigenvalue weighted by Crippen LogP contribution is 2.36. The molecule has 38 heavy (non-hydrogen) atoms. The molecule has 5 rings (SSSR count). The van der Waals surface area contributed by atoms with Crippen molar-refractivity contribution < 1.29 is 9.18 Å².